The molecule has 104 valence electrons. The Morgan fingerprint density at radius 2 is 2.16 bits per heavy atom. The van der Waals surface area contributed by atoms with Gasteiger partial charge in [-0.1, -0.05) is 18.2 Å². The Morgan fingerprint density at radius 3 is 2.84 bits per heavy atom. The van der Waals surface area contributed by atoms with Crippen LogP contribution in [0.4, 0.5) is 0 Å². The van der Waals surface area contributed by atoms with Crippen LogP contribution in [0.5, 0.6) is 0 Å². The molecule has 19 heavy (non-hydrogen) atoms. The van der Waals surface area contributed by atoms with Crippen LogP contribution in [-0.4, -0.2) is 45.8 Å². The molecule has 4 nitrogen and oxygen atoms in total. The van der Waals surface area contributed by atoms with Gasteiger partial charge in [0.1, 0.15) is 11.3 Å². The molecule has 0 spiro atoms. The van der Waals surface area contributed by atoms with E-state index < -0.39 is 0 Å². The number of fused-ring (bicyclic) bond motifs is 1. The van der Waals surface area contributed by atoms with Crippen LogP contribution in [-0.2, 0) is 4.74 Å². The Morgan fingerprint density at radius 1 is 1.37 bits per heavy atom. The Bertz CT molecular complexity index is 477. The molecule has 0 bridgehead atoms. The number of para-hydroxylation sites is 1. The molecule has 0 fully saturated rings. The summed E-state index contributed by atoms with van der Waals surface area (Å²) in [5.74, 6) is 0.980. The maximum Gasteiger partial charge on any atom is 0.134 e. The average molecular weight is 262 g/mol. The first-order chi connectivity index (χ1) is 9.24. The Balaban J connectivity index is 2.08. The average Bonchev–Trinajstić information content (AvgIpc) is 2.86. The second-order valence-electron chi connectivity index (χ2n) is 4.78. The van der Waals surface area contributed by atoms with Crippen molar-refractivity contribution in [3.05, 3.63) is 36.1 Å². The fraction of sp³-hybridized carbons (Fsp3) is 0.467. The fourth-order valence-electron chi connectivity index (χ4n) is 2.15. The number of rotatable bonds is 7. The Hall–Kier alpha value is -1.36. The van der Waals surface area contributed by atoms with Gasteiger partial charge in [-0.2, -0.15) is 0 Å². The van der Waals surface area contributed by atoms with Gasteiger partial charge < -0.3 is 19.4 Å². The molecule has 1 unspecified atom stereocenters. The maximum absolute atomic E-state index is 5.91. The first kappa shape index (κ1) is 14.1. The summed E-state index contributed by atoms with van der Waals surface area (Å²) < 4.78 is 11.0. The van der Waals surface area contributed by atoms with Crippen LogP contribution in [0.15, 0.2) is 34.7 Å². The lowest BCUT2D eigenvalue weighted by molar-refractivity contribution is 0.154. The van der Waals surface area contributed by atoms with Crippen molar-refractivity contribution in [1.82, 2.24) is 10.2 Å². The van der Waals surface area contributed by atoms with Crippen molar-refractivity contribution in [2.45, 2.75) is 6.04 Å². The van der Waals surface area contributed by atoms with Gasteiger partial charge in [-0.3, -0.25) is 0 Å². The molecule has 2 aromatic rings. The van der Waals surface area contributed by atoms with Crippen molar-refractivity contribution in [3.63, 3.8) is 0 Å². The molecular formula is C15H22N2O2. The number of benzene rings is 1. The Kier molecular flexibility index (Phi) is 4.96. The van der Waals surface area contributed by atoms with Gasteiger partial charge in [0.05, 0.1) is 12.6 Å². The summed E-state index contributed by atoms with van der Waals surface area (Å²) >= 11 is 0. The van der Waals surface area contributed by atoms with Crippen molar-refractivity contribution in [2.75, 3.05) is 40.9 Å². The highest BCUT2D eigenvalue weighted by molar-refractivity contribution is 5.77. The molecule has 0 radical (unpaired) electrons. The van der Waals surface area contributed by atoms with Gasteiger partial charge in [0.15, 0.2) is 0 Å². The van der Waals surface area contributed by atoms with Crippen molar-refractivity contribution >= 4 is 11.0 Å². The molecule has 1 aromatic heterocycles. The third kappa shape index (κ3) is 3.56. The molecule has 0 saturated heterocycles. The van der Waals surface area contributed by atoms with Crippen LogP contribution in [0, 0.1) is 0 Å². The Labute approximate surface area is 114 Å². The van der Waals surface area contributed by atoms with E-state index in [0.717, 1.165) is 36.4 Å². The highest BCUT2D eigenvalue weighted by Crippen LogP contribution is 2.24. The minimum atomic E-state index is 0.189. The van der Waals surface area contributed by atoms with Gasteiger partial charge in [0.25, 0.3) is 0 Å². The minimum absolute atomic E-state index is 0.189. The van der Waals surface area contributed by atoms with Crippen molar-refractivity contribution in [2.24, 2.45) is 0 Å². The van der Waals surface area contributed by atoms with Crippen molar-refractivity contribution in [1.29, 1.82) is 0 Å². The van der Waals surface area contributed by atoms with Gasteiger partial charge in [0, 0.05) is 25.6 Å². The summed E-state index contributed by atoms with van der Waals surface area (Å²) in [6.45, 7) is 2.54. The molecule has 0 aliphatic rings. The predicted molar refractivity (Wildman–Crippen MR) is 77.4 cm³/mol. The summed E-state index contributed by atoms with van der Waals surface area (Å²) in [5, 5.41) is 4.46. The van der Waals surface area contributed by atoms with Crippen LogP contribution < -0.4 is 5.32 Å². The summed E-state index contributed by atoms with van der Waals surface area (Å²) in [4.78, 5) is 2.23. The van der Waals surface area contributed by atoms with E-state index in [2.05, 4.69) is 29.4 Å². The lowest BCUT2D eigenvalue weighted by Crippen LogP contribution is -2.32. The largest absolute Gasteiger partial charge is 0.459 e. The van der Waals surface area contributed by atoms with Gasteiger partial charge in [-0.25, -0.2) is 0 Å². The second kappa shape index (κ2) is 6.70. The zero-order valence-corrected chi connectivity index (χ0v) is 11.8. The topological polar surface area (TPSA) is 37.6 Å². The molecular weight excluding hydrogens is 240 g/mol. The highest BCUT2D eigenvalue weighted by Gasteiger charge is 2.16. The number of hydrogen-bond acceptors (Lipinski definition) is 4. The van der Waals surface area contributed by atoms with E-state index in [1.165, 1.54) is 0 Å². The van der Waals surface area contributed by atoms with Gasteiger partial charge in [-0.05, 0) is 26.2 Å². The first-order valence-corrected chi connectivity index (χ1v) is 6.58. The minimum Gasteiger partial charge on any atom is -0.459 e. The number of likely N-dealkylation sites (N-methyl/N-ethyl adjacent to an activating group) is 2. The number of methoxy groups -OCH3 is 1. The number of nitrogens with one attached hydrogen (secondary N) is 1. The first-order valence-electron chi connectivity index (χ1n) is 6.58. The van der Waals surface area contributed by atoms with Crippen LogP contribution in [0.3, 0.4) is 0 Å². The molecule has 1 N–H and O–H groups in total. The van der Waals surface area contributed by atoms with Crippen LogP contribution in [0.1, 0.15) is 11.8 Å². The third-order valence-electron chi connectivity index (χ3n) is 3.31. The SMILES string of the molecule is CNC(CN(C)CCOC)c1cc2ccccc2o1. The molecule has 2 rings (SSSR count). The lowest BCUT2D eigenvalue weighted by atomic mass is 10.2. The smallest absolute Gasteiger partial charge is 0.134 e. The number of furan rings is 1. The number of ether oxygens (including phenoxy) is 1. The predicted octanol–water partition coefficient (Wildman–Crippen LogP) is 2.27. The molecule has 0 aliphatic heterocycles. The quantitative estimate of drug-likeness (QED) is 0.830. The van der Waals surface area contributed by atoms with E-state index in [1.54, 1.807) is 7.11 Å². The van der Waals surface area contributed by atoms with Gasteiger partial charge in [-0.15, -0.1) is 0 Å². The van der Waals surface area contributed by atoms with Crippen LogP contribution in [0.2, 0.25) is 0 Å². The highest BCUT2D eigenvalue weighted by atomic mass is 16.5. The van der Waals surface area contributed by atoms with E-state index in [4.69, 9.17) is 9.15 Å². The van der Waals surface area contributed by atoms with Crippen LogP contribution >= 0.6 is 0 Å². The lowest BCUT2D eigenvalue weighted by Gasteiger charge is -2.22. The zero-order valence-electron chi connectivity index (χ0n) is 11.8. The summed E-state index contributed by atoms with van der Waals surface area (Å²) in [7, 11) is 5.77. The maximum atomic E-state index is 5.91. The van der Waals surface area contributed by atoms with E-state index in [-0.39, 0.29) is 6.04 Å². The van der Waals surface area contributed by atoms with Gasteiger partial charge in [0.2, 0.25) is 0 Å². The second-order valence-corrected chi connectivity index (χ2v) is 4.78. The number of nitrogens with zero attached hydrogens (tertiary/aromatic N) is 1. The van der Waals surface area contributed by atoms with Gasteiger partial charge >= 0.3 is 0 Å². The molecule has 4 heteroatoms. The molecule has 1 heterocycles. The summed E-state index contributed by atoms with van der Waals surface area (Å²) in [6, 6.07) is 10.4. The van der Waals surface area contributed by atoms with Crippen molar-refractivity contribution < 1.29 is 9.15 Å². The monoisotopic (exact) mass is 262 g/mol. The molecule has 0 saturated carbocycles. The summed E-state index contributed by atoms with van der Waals surface area (Å²) in [5.41, 5.74) is 0.942. The molecule has 1 aromatic carbocycles. The standard InChI is InChI=1S/C15H22N2O2/c1-16-13(11-17(2)8-9-18-3)15-10-12-6-4-5-7-14(12)19-15/h4-7,10,13,16H,8-9,11H2,1-3H3. The van der Waals surface area contributed by atoms with E-state index >= 15 is 0 Å². The van der Waals surface area contributed by atoms with E-state index in [0.29, 0.717) is 0 Å². The summed E-state index contributed by atoms with van der Waals surface area (Å²) in [6.07, 6.45) is 0. The fourth-order valence-corrected chi connectivity index (χ4v) is 2.15. The zero-order chi connectivity index (χ0) is 13.7. The molecule has 1 atom stereocenters. The van der Waals surface area contributed by atoms with E-state index in [1.807, 2.05) is 25.2 Å². The normalized spacial score (nSPS) is 13.3. The molecule has 0 amide bonds. The number of hydrogen-bond donors (Lipinski definition) is 1. The third-order valence-corrected chi connectivity index (χ3v) is 3.31. The van der Waals surface area contributed by atoms with Crippen LogP contribution in [0.25, 0.3) is 11.0 Å². The van der Waals surface area contributed by atoms with Crippen molar-refractivity contribution in [3.8, 4) is 0 Å². The van der Waals surface area contributed by atoms with E-state index in [9.17, 15) is 0 Å². The molecule has 0 aliphatic carbocycles.